The second-order valence-electron chi connectivity index (χ2n) is 3.27. The second kappa shape index (κ2) is 5.40. The minimum Gasteiger partial charge on any atom is -0.287 e. The zero-order valence-corrected chi connectivity index (χ0v) is 8.58. The molecule has 0 aliphatic carbocycles. The minimum atomic E-state index is -0.0918. The molecular weight excluding hydrogens is 176 g/mol. The predicted molar refractivity (Wildman–Crippen MR) is 56.8 cm³/mol. The van der Waals surface area contributed by atoms with E-state index in [4.69, 9.17) is 0 Å². The molecular formula is C11H16N2O. The first-order valence-electron chi connectivity index (χ1n) is 4.85. The molecule has 0 radical (unpaired) electrons. The molecule has 2 N–H and O–H groups in total. The van der Waals surface area contributed by atoms with Crippen molar-refractivity contribution in [1.29, 1.82) is 0 Å². The fourth-order valence-electron chi connectivity index (χ4n) is 0.953. The van der Waals surface area contributed by atoms with E-state index >= 15 is 0 Å². The van der Waals surface area contributed by atoms with Crippen molar-refractivity contribution in [3.8, 4) is 0 Å². The topological polar surface area (TPSA) is 41.1 Å². The summed E-state index contributed by atoms with van der Waals surface area (Å²) >= 11 is 0. The molecule has 3 nitrogen and oxygen atoms in total. The number of hydrogen-bond donors (Lipinski definition) is 2. The quantitative estimate of drug-likeness (QED) is 0.713. The Morgan fingerprint density at radius 1 is 1.36 bits per heavy atom. The average Bonchev–Trinajstić information content (AvgIpc) is 2.26. The van der Waals surface area contributed by atoms with Gasteiger partial charge in [0, 0.05) is 11.6 Å². The van der Waals surface area contributed by atoms with E-state index in [1.807, 2.05) is 25.1 Å². The molecule has 0 fully saturated rings. The van der Waals surface area contributed by atoms with Crippen molar-refractivity contribution in [2.24, 2.45) is 0 Å². The third kappa shape index (κ3) is 3.18. The lowest BCUT2D eigenvalue weighted by Gasteiger charge is -2.12. The molecule has 1 rings (SSSR count). The highest BCUT2D eigenvalue weighted by atomic mass is 16.2. The normalized spacial score (nSPS) is 12.1. The van der Waals surface area contributed by atoms with Crippen LogP contribution < -0.4 is 10.9 Å². The minimum absolute atomic E-state index is 0.0918. The van der Waals surface area contributed by atoms with E-state index in [2.05, 4.69) is 17.8 Å². The number of benzene rings is 1. The lowest BCUT2D eigenvalue weighted by molar-refractivity contribution is 0.0926. The Morgan fingerprint density at radius 2 is 2.00 bits per heavy atom. The third-order valence-corrected chi connectivity index (χ3v) is 2.08. The maximum absolute atomic E-state index is 11.5. The highest BCUT2D eigenvalue weighted by molar-refractivity contribution is 5.93. The second-order valence-corrected chi connectivity index (χ2v) is 3.27. The molecule has 0 aliphatic heterocycles. The molecule has 0 bridgehead atoms. The van der Waals surface area contributed by atoms with Crippen LogP contribution in [0.25, 0.3) is 0 Å². The number of hydrazine groups is 1. The van der Waals surface area contributed by atoms with E-state index in [9.17, 15) is 4.79 Å². The van der Waals surface area contributed by atoms with E-state index < -0.39 is 0 Å². The lowest BCUT2D eigenvalue weighted by Crippen LogP contribution is -2.42. The van der Waals surface area contributed by atoms with Crippen LogP contribution in [-0.4, -0.2) is 11.9 Å². The summed E-state index contributed by atoms with van der Waals surface area (Å²) in [6.45, 7) is 4.08. The SMILES string of the molecule is CC[C@@H](C)NNC(=O)c1ccccc1. The van der Waals surface area contributed by atoms with Gasteiger partial charge in [0.15, 0.2) is 0 Å². The molecule has 0 unspecified atom stereocenters. The maximum atomic E-state index is 11.5. The van der Waals surface area contributed by atoms with Gasteiger partial charge in [-0.25, -0.2) is 5.43 Å². The van der Waals surface area contributed by atoms with Crippen molar-refractivity contribution in [2.45, 2.75) is 26.3 Å². The lowest BCUT2D eigenvalue weighted by atomic mass is 10.2. The molecule has 1 aromatic carbocycles. The van der Waals surface area contributed by atoms with Crippen molar-refractivity contribution in [1.82, 2.24) is 10.9 Å². The summed E-state index contributed by atoms with van der Waals surface area (Å²) in [6, 6.07) is 9.44. The monoisotopic (exact) mass is 192 g/mol. The van der Waals surface area contributed by atoms with Crippen LogP contribution in [-0.2, 0) is 0 Å². The Bertz CT molecular complexity index is 285. The van der Waals surface area contributed by atoms with Gasteiger partial charge in [0.25, 0.3) is 5.91 Å². The fraction of sp³-hybridized carbons (Fsp3) is 0.364. The summed E-state index contributed by atoms with van der Waals surface area (Å²) < 4.78 is 0. The van der Waals surface area contributed by atoms with Gasteiger partial charge < -0.3 is 0 Å². The number of hydrogen-bond acceptors (Lipinski definition) is 2. The van der Waals surface area contributed by atoms with Crippen LogP contribution in [0.1, 0.15) is 30.6 Å². The summed E-state index contributed by atoms with van der Waals surface area (Å²) in [5, 5.41) is 0. The highest BCUT2D eigenvalue weighted by Gasteiger charge is 2.04. The van der Waals surface area contributed by atoms with E-state index in [0.717, 1.165) is 6.42 Å². The van der Waals surface area contributed by atoms with E-state index in [1.54, 1.807) is 12.1 Å². The molecule has 0 spiro atoms. The molecule has 1 aromatic rings. The van der Waals surface area contributed by atoms with Crippen LogP contribution in [0.15, 0.2) is 30.3 Å². The molecule has 3 heteroatoms. The van der Waals surface area contributed by atoms with Crippen LogP contribution in [0.4, 0.5) is 0 Å². The molecule has 0 saturated heterocycles. The van der Waals surface area contributed by atoms with Gasteiger partial charge in [-0.2, -0.15) is 0 Å². The Kier molecular flexibility index (Phi) is 4.13. The van der Waals surface area contributed by atoms with Crippen molar-refractivity contribution in [3.05, 3.63) is 35.9 Å². The summed E-state index contributed by atoms with van der Waals surface area (Å²) in [7, 11) is 0. The number of rotatable bonds is 4. The molecule has 1 atom stereocenters. The largest absolute Gasteiger partial charge is 0.287 e. The Balaban J connectivity index is 2.44. The summed E-state index contributed by atoms with van der Waals surface area (Å²) in [6.07, 6.45) is 0.981. The van der Waals surface area contributed by atoms with Gasteiger partial charge in [-0.05, 0) is 25.5 Å². The van der Waals surface area contributed by atoms with Gasteiger partial charge in [-0.15, -0.1) is 0 Å². The van der Waals surface area contributed by atoms with Gasteiger partial charge in [0.05, 0.1) is 0 Å². The number of nitrogens with one attached hydrogen (secondary N) is 2. The zero-order valence-electron chi connectivity index (χ0n) is 8.58. The van der Waals surface area contributed by atoms with Gasteiger partial charge >= 0.3 is 0 Å². The Morgan fingerprint density at radius 3 is 2.57 bits per heavy atom. The fourth-order valence-corrected chi connectivity index (χ4v) is 0.953. The van der Waals surface area contributed by atoms with Crippen molar-refractivity contribution >= 4 is 5.91 Å². The molecule has 76 valence electrons. The van der Waals surface area contributed by atoms with Crippen LogP contribution in [0.2, 0.25) is 0 Å². The summed E-state index contributed by atoms with van der Waals surface area (Å²) in [5.74, 6) is -0.0918. The Labute approximate surface area is 84.5 Å². The van der Waals surface area contributed by atoms with E-state index in [1.165, 1.54) is 0 Å². The number of carbonyl (C=O) groups is 1. The predicted octanol–water partition coefficient (Wildman–Crippen LogP) is 1.72. The molecule has 0 heterocycles. The first-order chi connectivity index (χ1) is 6.74. The van der Waals surface area contributed by atoms with Gasteiger partial charge in [0.2, 0.25) is 0 Å². The molecule has 0 saturated carbocycles. The van der Waals surface area contributed by atoms with Crippen LogP contribution in [0.5, 0.6) is 0 Å². The first-order valence-corrected chi connectivity index (χ1v) is 4.85. The van der Waals surface area contributed by atoms with Gasteiger partial charge in [-0.1, -0.05) is 25.1 Å². The van der Waals surface area contributed by atoms with Crippen molar-refractivity contribution < 1.29 is 4.79 Å². The molecule has 0 aromatic heterocycles. The summed E-state index contributed by atoms with van der Waals surface area (Å²) in [4.78, 5) is 11.5. The van der Waals surface area contributed by atoms with Gasteiger partial charge in [0.1, 0.15) is 0 Å². The van der Waals surface area contributed by atoms with Crippen molar-refractivity contribution in [3.63, 3.8) is 0 Å². The third-order valence-electron chi connectivity index (χ3n) is 2.08. The van der Waals surface area contributed by atoms with E-state index in [-0.39, 0.29) is 5.91 Å². The number of amides is 1. The maximum Gasteiger partial charge on any atom is 0.265 e. The summed E-state index contributed by atoms with van der Waals surface area (Å²) in [5.41, 5.74) is 6.26. The molecule has 0 aliphatic rings. The molecule has 14 heavy (non-hydrogen) atoms. The Hall–Kier alpha value is -1.35. The average molecular weight is 192 g/mol. The van der Waals surface area contributed by atoms with Crippen molar-refractivity contribution in [2.75, 3.05) is 0 Å². The standard InChI is InChI=1S/C11H16N2O/c1-3-9(2)12-13-11(14)10-7-5-4-6-8-10/h4-9,12H,3H2,1-2H3,(H,13,14)/t9-/m1/s1. The van der Waals surface area contributed by atoms with Crippen LogP contribution >= 0.6 is 0 Å². The van der Waals surface area contributed by atoms with Crippen LogP contribution in [0.3, 0.4) is 0 Å². The zero-order chi connectivity index (χ0) is 10.4. The smallest absolute Gasteiger partial charge is 0.265 e. The van der Waals surface area contributed by atoms with E-state index in [0.29, 0.717) is 11.6 Å². The first kappa shape index (κ1) is 10.7. The number of carbonyl (C=O) groups excluding carboxylic acids is 1. The van der Waals surface area contributed by atoms with Gasteiger partial charge in [-0.3, -0.25) is 10.2 Å². The highest BCUT2D eigenvalue weighted by Crippen LogP contribution is 1.97. The van der Waals surface area contributed by atoms with Crippen LogP contribution in [0, 0.1) is 0 Å². The molecule has 1 amide bonds.